The zero-order valence-corrected chi connectivity index (χ0v) is 7.77. The molecule has 1 heterocycles. The van der Waals surface area contributed by atoms with Crippen molar-refractivity contribution in [2.24, 2.45) is 0 Å². The number of nitro groups is 1. The van der Waals surface area contributed by atoms with Gasteiger partial charge >= 0.3 is 0 Å². The summed E-state index contributed by atoms with van der Waals surface area (Å²) in [5.74, 6) is 0.302. The third kappa shape index (κ3) is 1.61. The van der Waals surface area contributed by atoms with Crippen molar-refractivity contribution in [3.05, 3.63) is 39.9 Å². The van der Waals surface area contributed by atoms with Crippen molar-refractivity contribution >= 4 is 5.69 Å². The van der Waals surface area contributed by atoms with Crippen LogP contribution in [0.25, 0.3) is 0 Å². The third-order valence-corrected chi connectivity index (χ3v) is 2.63. The molecule has 0 aliphatic carbocycles. The molecular weight excluding hydrogens is 180 g/mol. The van der Waals surface area contributed by atoms with Crippen LogP contribution in [0.3, 0.4) is 0 Å². The lowest BCUT2D eigenvalue weighted by Gasteiger charge is -2.08. The highest BCUT2D eigenvalue weighted by molar-refractivity contribution is 5.42. The van der Waals surface area contributed by atoms with Crippen LogP contribution in [0, 0.1) is 10.1 Å². The summed E-state index contributed by atoms with van der Waals surface area (Å²) in [6.45, 7) is 1.81. The second kappa shape index (κ2) is 3.75. The fraction of sp³-hybridized carbons (Fsp3) is 0.400. The molecule has 1 fully saturated rings. The van der Waals surface area contributed by atoms with E-state index in [1.165, 1.54) is 0 Å². The second-order valence-corrected chi connectivity index (χ2v) is 3.51. The topological polar surface area (TPSA) is 55.2 Å². The highest BCUT2D eigenvalue weighted by Crippen LogP contribution is 2.29. The summed E-state index contributed by atoms with van der Waals surface area (Å²) in [7, 11) is 0. The Morgan fingerprint density at radius 2 is 2.21 bits per heavy atom. The maximum absolute atomic E-state index is 10.8. The lowest BCUT2D eigenvalue weighted by atomic mass is 9.97. The Hall–Kier alpha value is -1.42. The number of rotatable bonds is 2. The summed E-state index contributed by atoms with van der Waals surface area (Å²) in [4.78, 5) is 10.5. The summed E-state index contributed by atoms with van der Waals surface area (Å²) < 4.78 is 0. The first-order valence-electron chi connectivity index (χ1n) is 4.73. The third-order valence-electron chi connectivity index (χ3n) is 2.63. The van der Waals surface area contributed by atoms with E-state index in [4.69, 9.17) is 0 Å². The van der Waals surface area contributed by atoms with E-state index in [1.54, 1.807) is 12.1 Å². The Morgan fingerprint density at radius 3 is 2.86 bits per heavy atom. The van der Waals surface area contributed by atoms with E-state index in [0.29, 0.717) is 5.92 Å². The van der Waals surface area contributed by atoms with Crippen molar-refractivity contribution in [2.45, 2.75) is 12.3 Å². The van der Waals surface area contributed by atoms with Gasteiger partial charge in [-0.05, 0) is 13.0 Å². The van der Waals surface area contributed by atoms with Gasteiger partial charge in [0.15, 0.2) is 0 Å². The van der Waals surface area contributed by atoms with Crippen LogP contribution in [-0.4, -0.2) is 18.0 Å². The molecule has 14 heavy (non-hydrogen) atoms. The highest BCUT2D eigenvalue weighted by Gasteiger charge is 2.23. The molecule has 1 aromatic rings. The van der Waals surface area contributed by atoms with Crippen molar-refractivity contribution in [2.75, 3.05) is 13.1 Å². The molecule has 1 N–H and O–H groups in total. The van der Waals surface area contributed by atoms with Crippen LogP contribution in [0.5, 0.6) is 0 Å². The molecule has 0 bridgehead atoms. The van der Waals surface area contributed by atoms with Crippen LogP contribution in [-0.2, 0) is 0 Å². The molecule has 2 rings (SSSR count). The van der Waals surface area contributed by atoms with Gasteiger partial charge in [-0.3, -0.25) is 10.1 Å². The van der Waals surface area contributed by atoms with Crippen molar-refractivity contribution in [3.8, 4) is 0 Å². The predicted octanol–water partition coefficient (Wildman–Crippen LogP) is 1.67. The van der Waals surface area contributed by atoms with Crippen molar-refractivity contribution in [1.82, 2.24) is 5.32 Å². The monoisotopic (exact) mass is 192 g/mol. The minimum absolute atomic E-state index is 0.251. The average molecular weight is 192 g/mol. The Bertz CT molecular complexity index is 346. The molecule has 1 saturated heterocycles. The van der Waals surface area contributed by atoms with E-state index < -0.39 is 0 Å². The normalized spacial score (nSPS) is 21.0. The molecule has 1 aliphatic rings. The number of hydrogen-bond donors (Lipinski definition) is 1. The lowest BCUT2D eigenvalue weighted by Crippen LogP contribution is -2.09. The number of nitrogens with one attached hydrogen (secondary N) is 1. The molecule has 4 nitrogen and oxygen atoms in total. The number of nitro benzene ring substituents is 1. The van der Waals surface area contributed by atoms with Gasteiger partial charge in [0.1, 0.15) is 0 Å². The summed E-state index contributed by atoms with van der Waals surface area (Å²) in [6.07, 6.45) is 0.991. The molecule has 0 radical (unpaired) electrons. The van der Waals surface area contributed by atoms with Crippen LogP contribution in [0.15, 0.2) is 24.3 Å². The van der Waals surface area contributed by atoms with E-state index in [0.717, 1.165) is 25.1 Å². The molecule has 0 saturated carbocycles. The van der Waals surface area contributed by atoms with E-state index in [1.807, 2.05) is 12.1 Å². The number of benzene rings is 1. The quantitative estimate of drug-likeness (QED) is 0.572. The summed E-state index contributed by atoms with van der Waals surface area (Å²) >= 11 is 0. The lowest BCUT2D eigenvalue weighted by molar-refractivity contribution is -0.385. The van der Waals surface area contributed by atoms with Gasteiger partial charge in [-0.25, -0.2) is 0 Å². The molecular formula is C10H12N2O2. The minimum atomic E-state index is -0.298. The molecule has 0 aromatic heterocycles. The zero-order chi connectivity index (χ0) is 9.97. The fourth-order valence-electron chi connectivity index (χ4n) is 1.92. The van der Waals surface area contributed by atoms with Gasteiger partial charge in [0.05, 0.1) is 4.92 Å². The maximum Gasteiger partial charge on any atom is 0.272 e. The van der Waals surface area contributed by atoms with E-state index in [2.05, 4.69) is 5.32 Å². The first-order chi connectivity index (χ1) is 6.79. The highest BCUT2D eigenvalue weighted by atomic mass is 16.6. The SMILES string of the molecule is O=[N+]([O-])c1ccccc1[C@@H]1CCNC1. The number of para-hydroxylation sites is 1. The Kier molecular flexibility index (Phi) is 2.45. The second-order valence-electron chi connectivity index (χ2n) is 3.51. The van der Waals surface area contributed by atoms with Crippen LogP contribution in [0.1, 0.15) is 17.9 Å². The molecule has 0 unspecified atom stereocenters. The van der Waals surface area contributed by atoms with Gasteiger partial charge in [-0.2, -0.15) is 0 Å². The molecule has 1 atom stereocenters. The maximum atomic E-state index is 10.8. The zero-order valence-electron chi connectivity index (χ0n) is 7.77. The molecule has 4 heteroatoms. The molecule has 0 spiro atoms. The number of hydrogen-bond acceptors (Lipinski definition) is 3. The minimum Gasteiger partial charge on any atom is -0.316 e. The Morgan fingerprint density at radius 1 is 1.43 bits per heavy atom. The van der Waals surface area contributed by atoms with Crippen LogP contribution in [0.2, 0.25) is 0 Å². The van der Waals surface area contributed by atoms with Gasteiger partial charge in [0.25, 0.3) is 5.69 Å². The van der Waals surface area contributed by atoms with Crippen molar-refractivity contribution in [3.63, 3.8) is 0 Å². The van der Waals surface area contributed by atoms with Crippen molar-refractivity contribution in [1.29, 1.82) is 0 Å². The predicted molar refractivity (Wildman–Crippen MR) is 53.3 cm³/mol. The van der Waals surface area contributed by atoms with Gasteiger partial charge in [-0.1, -0.05) is 18.2 Å². The smallest absolute Gasteiger partial charge is 0.272 e. The summed E-state index contributed by atoms with van der Waals surface area (Å²) in [5, 5.41) is 14.0. The van der Waals surface area contributed by atoms with E-state index >= 15 is 0 Å². The van der Waals surface area contributed by atoms with Crippen molar-refractivity contribution < 1.29 is 4.92 Å². The first-order valence-corrected chi connectivity index (χ1v) is 4.73. The van der Waals surface area contributed by atoms with Crippen LogP contribution in [0.4, 0.5) is 5.69 Å². The van der Waals surface area contributed by atoms with Gasteiger partial charge in [0.2, 0.25) is 0 Å². The van der Waals surface area contributed by atoms with Gasteiger partial charge in [-0.15, -0.1) is 0 Å². The first kappa shape index (κ1) is 9.15. The van der Waals surface area contributed by atoms with Gasteiger partial charge < -0.3 is 5.32 Å². The van der Waals surface area contributed by atoms with E-state index in [-0.39, 0.29) is 10.6 Å². The van der Waals surface area contributed by atoms with Crippen LogP contribution < -0.4 is 5.32 Å². The largest absolute Gasteiger partial charge is 0.316 e. The summed E-state index contributed by atoms with van der Waals surface area (Å²) in [5.41, 5.74) is 1.11. The summed E-state index contributed by atoms with van der Waals surface area (Å²) in [6, 6.07) is 7.01. The molecule has 1 aliphatic heterocycles. The Labute approximate surface area is 82.1 Å². The van der Waals surface area contributed by atoms with Crippen LogP contribution >= 0.6 is 0 Å². The van der Waals surface area contributed by atoms with Gasteiger partial charge in [0, 0.05) is 24.1 Å². The Balaban J connectivity index is 2.35. The molecule has 1 aromatic carbocycles. The van der Waals surface area contributed by atoms with E-state index in [9.17, 15) is 10.1 Å². The fourth-order valence-corrected chi connectivity index (χ4v) is 1.92. The number of nitrogens with zero attached hydrogens (tertiary/aromatic N) is 1. The average Bonchev–Trinajstić information content (AvgIpc) is 2.70. The molecule has 74 valence electrons. The standard InChI is InChI=1S/C10H12N2O2/c13-12(14)10-4-2-1-3-9(10)8-5-6-11-7-8/h1-4,8,11H,5-7H2/t8-/m1/s1. The molecule has 0 amide bonds.